The van der Waals surface area contributed by atoms with Gasteiger partial charge in [0.2, 0.25) is 5.91 Å². The van der Waals surface area contributed by atoms with Crippen LogP contribution in [0.4, 0.5) is 0 Å². The highest BCUT2D eigenvalue weighted by molar-refractivity contribution is 7.93. The van der Waals surface area contributed by atoms with Crippen LogP contribution in [0.1, 0.15) is 40.5 Å². The Kier molecular flexibility index (Phi) is 4.84. The molecule has 1 fully saturated rings. The first kappa shape index (κ1) is 16.9. The van der Waals surface area contributed by atoms with E-state index in [1.165, 1.54) is 4.90 Å². The van der Waals surface area contributed by atoms with Crippen molar-refractivity contribution < 1.29 is 23.1 Å². The van der Waals surface area contributed by atoms with Crippen molar-refractivity contribution in [2.75, 3.05) is 12.3 Å². The molecule has 1 N–H and O–H groups in total. The molecule has 2 atom stereocenters. The SMILES string of the molecule is CC1CCC(C(=O)O)CN1C(=O)CS(=O)(=O)C(C)(C)C. The van der Waals surface area contributed by atoms with Gasteiger partial charge in [0.05, 0.1) is 10.7 Å². The number of carbonyl (C=O) groups excluding carboxylic acids is 1. The van der Waals surface area contributed by atoms with E-state index in [-0.39, 0.29) is 12.6 Å². The Hall–Kier alpha value is -1.11. The maximum atomic E-state index is 12.2. The average molecular weight is 305 g/mol. The highest BCUT2D eigenvalue weighted by atomic mass is 32.2. The summed E-state index contributed by atoms with van der Waals surface area (Å²) in [6.45, 7) is 6.56. The molecule has 0 aromatic heterocycles. The number of carbonyl (C=O) groups is 2. The molecule has 0 spiro atoms. The van der Waals surface area contributed by atoms with Gasteiger partial charge in [-0.1, -0.05) is 0 Å². The molecule has 1 amide bonds. The van der Waals surface area contributed by atoms with Crippen LogP contribution in [0.3, 0.4) is 0 Å². The molecule has 20 heavy (non-hydrogen) atoms. The third kappa shape index (κ3) is 3.71. The number of rotatable bonds is 3. The molecule has 116 valence electrons. The standard InChI is InChI=1S/C13H23NO5S/c1-9-5-6-10(12(16)17)7-14(9)11(15)8-20(18,19)13(2,3)4/h9-10H,5-8H2,1-4H3,(H,16,17). The van der Waals surface area contributed by atoms with Gasteiger partial charge >= 0.3 is 5.97 Å². The maximum absolute atomic E-state index is 12.2. The molecule has 1 aliphatic heterocycles. The van der Waals surface area contributed by atoms with Crippen molar-refractivity contribution in [1.82, 2.24) is 4.90 Å². The molecule has 1 saturated heterocycles. The van der Waals surface area contributed by atoms with Crippen LogP contribution in [-0.4, -0.2) is 53.4 Å². The van der Waals surface area contributed by atoms with Gasteiger partial charge < -0.3 is 10.0 Å². The van der Waals surface area contributed by atoms with Gasteiger partial charge in [-0.15, -0.1) is 0 Å². The normalized spacial score (nSPS) is 24.5. The monoisotopic (exact) mass is 305 g/mol. The molecule has 1 aliphatic rings. The Morgan fingerprint density at radius 1 is 1.25 bits per heavy atom. The Labute approximate surface area is 120 Å². The molecule has 2 unspecified atom stereocenters. The van der Waals surface area contributed by atoms with Crippen molar-refractivity contribution in [3.8, 4) is 0 Å². The minimum absolute atomic E-state index is 0.0923. The molecule has 0 aromatic carbocycles. The van der Waals surface area contributed by atoms with Crippen molar-refractivity contribution in [1.29, 1.82) is 0 Å². The summed E-state index contributed by atoms with van der Waals surface area (Å²) in [6.07, 6.45) is 1.10. The number of piperidine rings is 1. The molecule has 0 aromatic rings. The topological polar surface area (TPSA) is 91.8 Å². The fourth-order valence-corrected chi connectivity index (χ4v) is 3.04. The molecule has 0 saturated carbocycles. The van der Waals surface area contributed by atoms with Gasteiger partial charge in [0.25, 0.3) is 0 Å². The van der Waals surface area contributed by atoms with Crippen LogP contribution in [-0.2, 0) is 19.4 Å². The number of carboxylic acids is 1. The first-order valence-corrected chi connectivity index (χ1v) is 8.35. The lowest BCUT2D eigenvalue weighted by atomic mass is 9.93. The predicted octanol–water partition coefficient (Wildman–Crippen LogP) is 0.911. The summed E-state index contributed by atoms with van der Waals surface area (Å²) in [7, 11) is -3.55. The number of nitrogens with zero attached hydrogens (tertiary/aromatic N) is 1. The van der Waals surface area contributed by atoms with E-state index in [4.69, 9.17) is 5.11 Å². The van der Waals surface area contributed by atoms with Crippen LogP contribution < -0.4 is 0 Å². The molecule has 0 radical (unpaired) electrons. The lowest BCUT2D eigenvalue weighted by Gasteiger charge is -2.37. The molecule has 6 nitrogen and oxygen atoms in total. The van der Waals surface area contributed by atoms with Crippen LogP contribution >= 0.6 is 0 Å². The molecule has 1 heterocycles. The third-order valence-electron chi connectivity index (χ3n) is 3.80. The van der Waals surface area contributed by atoms with Gasteiger partial charge in [-0.05, 0) is 40.5 Å². The third-order valence-corrected chi connectivity index (χ3v) is 6.29. The lowest BCUT2D eigenvalue weighted by molar-refractivity contribution is -0.146. The van der Waals surface area contributed by atoms with E-state index in [2.05, 4.69) is 0 Å². The summed E-state index contributed by atoms with van der Waals surface area (Å²) in [6, 6.07) is -0.117. The number of carboxylic acid groups (broad SMARTS) is 1. The summed E-state index contributed by atoms with van der Waals surface area (Å²) in [5.41, 5.74) is 0. The number of hydrogen-bond donors (Lipinski definition) is 1. The largest absolute Gasteiger partial charge is 0.481 e. The van der Waals surface area contributed by atoms with Gasteiger partial charge in [-0.3, -0.25) is 9.59 Å². The van der Waals surface area contributed by atoms with E-state index >= 15 is 0 Å². The number of aliphatic carboxylic acids is 1. The van der Waals surface area contributed by atoms with E-state index in [0.717, 1.165) is 0 Å². The maximum Gasteiger partial charge on any atom is 0.308 e. The van der Waals surface area contributed by atoms with Gasteiger partial charge in [0.1, 0.15) is 5.75 Å². The van der Waals surface area contributed by atoms with Crippen molar-refractivity contribution >= 4 is 21.7 Å². The molecular formula is C13H23NO5S. The van der Waals surface area contributed by atoms with Crippen molar-refractivity contribution in [3.63, 3.8) is 0 Å². The minimum atomic E-state index is -3.55. The smallest absolute Gasteiger partial charge is 0.308 e. The van der Waals surface area contributed by atoms with Gasteiger partial charge in [-0.25, -0.2) is 8.42 Å². The fourth-order valence-electron chi connectivity index (χ4n) is 2.12. The predicted molar refractivity (Wildman–Crippen MR) is 75.1 cm³/mol. The fraction of sp³-hybridized carbons (Fsp3) is 0.846. The number of likely N-dealkylation sites (tertiary alicyclic amines) is 1. The van der Waals surface area contributed by atoms with E-state index in [9.17, 15) is 18.0 Å². The van der Waals surface area contributed by atoms with E-state index in [1.54, 1.807) is 20.8 Å². The summed E-state index contributed by atoms with van der Waals surface area (Å²) < 4.78 is 23.1. The van der Waals surface area contributed by atoms with Crippen molar-refractivity contribution in [3.05, 3.63) is 0 Å². The van der Waals surface area contributed by atoms with Gasteiger partial charge in [-0.2, -0.15) is 0 Å². The van der Waals surface area contributed by atoms with E-state index < -0.39 is 38.1 Å². The van der Waals surface area contributed by atoms with E-state index in [0.29, 0.717) is 12.8 Å². The van der Waals surface area contributed by atoms with Gasteiger partial charge in [0.15, 0.2) is 9.84 Å². The zero-order valence-electron chi connectivity index (χ0n) is 12.4. The Morgan fingerprint density at radius 3 is 2.25 bits per heavy atom. The summed E-state index contributed by atoms with van der Waals surface area (Å²) in [5.74, 6) is -2.60. The summed E-state index contributed by atoms with van der Waals surface area (Å²) in [4.78, 5) is 24.6. The Morgan fingerprint density at radius 2 is 1.80 bits per heavy atom. The number of sulfone groups is 1. The highest BCUT2D eigenvalue weighted by Crippen LogP contribution is 2.24. The second-order valence-corrected chi connectivity index (χ2v) is 9.12. The zero-order chi connectivity index (χ0) is 15.7. The van der Waals surface area contributed by atoms with Crippen LogP contribution in [0.5, 0.6) is 0 Å². The lowest BCUT2D eigenvalue weighted by Crippen LogP contribution is -2.50. The van der Waals surface area contributed by atoms with E-state index in [1.807, 2.05) is 6.92 Å². The first-order valence-electron chi connectivity index (χ1n) is 6.70. The van der Waals surface area contributed by atoms with Crippen LogP contribution in [0.2, 0.25) is 0 Å². The molecular weight excluding hydrogens is 282 g/mol. The van der Waals surface area contributed by atoms with Crippen LogP contribution in [0, 0.1) is 5.92 Å². The van der Waals surface area contributed by atoms with Crippen molar-refractivity contribution in [2.45, 2.75) is 51.3 Å². The quantitative estimate of drug-likeness (QED) is 0.837. The Bertz CT molecular complexity index is 491. The summed E-state index contributed by atoms with van der Waals surface area (Å²) in [5, 5.41) is 9.03. The second-order valence-electron chi connectivity index (χ2n) is 6.38. The molecule has 7 heteroatoms. The Balaban J connectivity index is 2.83. The zero-order valence-corrected chi connectivity index (χ0v) is 13.2. The number of amides is 1. The highest BCUT2D eigenvalue weighted by Gasteiger charge is 2.37. The average Bonchev–Trinajstić information content (AvgIpc) is 2.26. The van der Waals surface area contributed by atoms with Gasteiger partial charge in [0, 0.05) is 12.6 Å². The summed E-state index contributed by atoms with van der Waals surface area (Å²) >= 11 is 0. The van der Waals surface area contributed by atoms with Crippen LogP contribution in [0.15, 0.2) is 0 Å². The van der Waals surface area contributed by atoms with Crippen LogP contribution in [0.25, 0.3) is 0 Å². The minimum Gasteiger partial charge on any atom is -0.481 e. The first-order chi connectivity index (χ1) is 8.95. The second kappa shape index (κ2) is 5.71. The number of hydrogen-bond acceptors (Lipinski definition) is 4. The molecule has 1 rings (SSSR count). The van der Waals surface area contributed by atoms with Crippen molar-refractivity contribution in [2.24, 2.45) is 5.92 Å². The molecule has 0 aliphatic carbocycles. The molecule has 0 bridgehead atoms.